The molecule has 3 aromatic rings. The van der Waals surface area contributed by atoms with Gasteiger partial charge in [-0.1, -0.05) is 0 Å². The van der Waals surface area contributed by atoms with Gasteiger partial charge < -0.3 is 14.7 Å². The third-order valence-electron chi connectivity index (χ3n) is 4.42. The maximum atomic E-state index is 4.49. The van der Waals surface area contributed by atoms with E-state index < -0.39 is 0 Å². The molecule has 1 aliphatic heterocycles. The van der Waals surface area contributed by atoms with Crippen LogP contribution in [0.5, 0.6) is 0 Å². The van der Waals surface area contributed by atoms with E-state index in [0.29, 0.717) is 0 Å². The van der Waals surface area contributed by atoms with Crippen molar-refractivity contribution < 1.29 is 0 Å². The predicted molar refractivity (Wildman–Crippen MR) is 98.1 cm³/mol. The van der Waals surface area contributed by atoms with Crippen molar-refractivity contribution in [3.05, 3.63) is 36.9 Å². The van der Waals surface area contributed by atoms with E-state index in [2.05, 4.69) is 34.9 Å². The van der Waals surface area contributed by atoms with Crippen LogP contribution in [0.1, 0.15) is 0 Å². The second kappa shape index (κ2) is 6.46. The highest BCUT2D eigenvalue weighted by Crippen LogP contribution is 2.24. The standard InChI is InChI=1S/C17H20N8/c1-23(2)15-3-4-16(22-21-15)24-7-9-25(10-8-24)17-13-5-6-18-11-14(13)19-12-20-17/h3-6,11-12H,7-10H2,1-2H3. The molecule has 4 rings (SSSR count). The van der Waals surface area contributed by atoms with Crippen LogP contribution in [0.3, 0.4) is 0 Å². The molecule has 3 aromatic heterocycles. The van der Waals surface area contributed by atoms with Gasteiger partial charge in [-0.2, -0.15) is 0 Å². The SMILES string of the molecule is CN(C)c1ccc(N2CCN(c3ncnc4cnccc34)CC2)nn1. The third kappa shape index (κ3) is 3.02. The normalized spacial score (nSPS) is 14.8. The summed E-state index contributed by atoms with van der Waals surface area (Å²) in [4.78, 5) is 19.4. The largest absolute Gasteiger partial charge is 0.361 e. The lowest BCUT2D eigenvalue weighted by Crippen LogP contribution is -2.47. The van der Waals surface area contributed by atoms with Crippen molar-refractivity contribution in [1.29, 1.82) is 0 Å². The Morgan fingerprint density at radius 1 is 0.920 bits per heavy atom. The van der Waals surface area contributed by atoms with Crippen molar-refractivity contribution in [1.82, 2.24) is 25.1 Å². The number of hydrogen-bond acceptors (Lipinski definition) is 8. The number of anilines is 3. The van der Waals surface area contributed by atoms with E-state index in [1.54, 1.807) is 18.7 Å². The zero-order valence-corrected chi connectivity index (χ0v) is 14.4. The van der Waals surface area contributed by atoms with Crippen molar-refractivity contribution in [2.45, 2.75) is 0 Å². The van der Waals surface area contributed by atoms with Crippen LogP contribution in [0.15, 0.2) is 36.9 Å². The molecule has 0 radical (unpaired) electrons. The first-order valence-corrected chi connectivity index (χ1v) is 8.28. The molecule has 0 bridgehead atoms. The average molecular weight is 336 g/mol. The number of fused-ring (bicyclic) bond motifs is 1. The van der Waals surface area contributed by atoms with Crippen molar-refractivity contribution in [2.24, 2.45) is 0 Å². The molecule has 0 aromatic carbocycles. The molecule has 0 aliphatic carbocycles. The van der Waals surface area contributed by atoms with E-state index in [1.165, 1.54) is 0 Å². The van der Waals surface area contributed by atoms with Crippen LogP contribution in [0, 0.1) is 0 Å². The molecule has 0 N–H and O–H groups in total. The molecule has 25 heavy (non-hydrogen) atoms. The summed E-state index contributed by atoms with van der Waals surface area (Å²) < 4.78 is 0. The first-order valence-electron chi connectivity index (χ1n) is 8.28. The quantitative estimate of drug-likeness (QED) is 0.706. The summed E-state index contributed by atoms with van der Waals surface area (Å²) >= 11 is 0. The molecule has 8 heteroatoms. The second-order valence-electron chi connectivity index (χ2n) is 6.21. The number of piperazine rings is 1. The Bertz CT molecular complexity index is 851. The molecular weight excluding hydrogens is 316 g/mol. The number of pyridine rings is 1. The van der Waals surface area contributed by atoms with E-state index in [9.17, 15) is 0 Å². The minimum absolute atomic E-state index is 0.864. The molecule has 128 valence electrons. The Balaban J connectivity index is 1.49. The van der Waals surface area contributed by atoms with Crippen LogP contribution in [0.2, 0.25) is 0 Å². The van der Waals surface area contributed by atoms with Gasteiger partial charge in [0.25, 0.3) is 0 Å². The van der Waals surface area contributed by atoms with E-state index in [0.717, 1.165) is 54.5 Å². The fraction of sp³-hybridized carbons (Fsp3) is 0.353. The second-order valence-corrected chi connectivity index (χ2v) is 6.21. The molecule has 1 fully saturated rings. The number of hydrogen-bond donors (Lipinski definition) is 0. The molecule has 4 heterocycles. The van der Waals surface area contributed by atoms with Gasteiger partial charge in [0.15, 0.2) is 11.6 Å². The number of aromatic nitrogens is 5. The lowest BCUT2D eigenvalue weighted by molar-refractivity contribution is 0.639. The molecule has 0 spiro atoms. The van der Waals surface area contributed by atoms with Gasteiger partial charge in [-0.3, -0.25) is 4.98 Å². The van der Waals surface area contributed by atoms with Crippen LogP contribution >= 0.6 is 0 Å². The summed E-state index contributed by atoms with van der Waals surface area (Å²) in [7, 11) is 3.92. The number of nitrogens with zero attached hydrogens (tertiary/aromatic N) is 8. The smallest absolute Gasteiger partial charge is 0.151 e. The molecule has 0 atom stereocenters. The fourth-order valence-corrected chi connectivity index (χ4v) is 3.02. The summed E-state index contributed by atoms with van der Waals surface area (Å²) in [6.45, 7) is 3.52. The van der Waals surface area contributed by atoms with E-state index in [4.69, 9.17) is 0 Å². The summed E-state index contributed by atoms with van der Waals surface area (Å²) in [5.41, 5.74) is 0.875. The van der Waals surface area contributed by atoms with Gasteiger partial charge >= 0.3 is 0 Å². The lowest BCUT2D eigenvalue weighted by atomic mass is 10.2. The van der Waals surface area contributed by atoms with Crippen LogP contribution in [0.25, 0.3) is 10.9 Å². The monoisotopic (exact) mass is 336 g/mol. The Hall–Kier alpha value is -3.03. The van der Waals surface area contributed by atoms with Crippen molar-refractivity contribution >= 4 is 28.4 Å². The molecule has 0 unspecified atom stereocenters. The van der Waals surface area contributed by atoms with Gasteiger partial charge in [0.05, 0.1) is 11.7 Å². The molecular formula is C17H20N8. The predicted octanol–water partition coefficient (Wildman–Crippen LogP) is 1.21. The molecule has 8 nitrogen and oxygen atoms in total. The minimum Gasteiger partial charge on any atom is -0.361 e. The van der Waals surface area contributed by atoms with Gasteiger partial charge in [0.1, 0.15) is 12.1 Å². The zero-order valence-electron chi connectivity index (χ0n) is 14.4. The van der Waals surface area contributed by atoms with Crippen LogP contribution in [0.4, 0.5) is 17.5 Å². The van der Waals surface area contributed by atoms with E-state index in [-0.39, 0.29) is 0 Å². The van der Waals surface area contributed by atoms with Crippen molar-refractivity contribution in [2.75, 3.05) is 55.0 Å². The Morgan fingerprint density at radius 3 is 2.44 bits per heavy atom. The zero-order chi connectivity index (χ0) is 17.2. The topological polar surface area (TPSA) is 74.2 Å². The van der Waals surface area contributed by atoms with Crippen LogP contribution in [-0.2, 0) is 0 Å². The Kier molecular flexibility index (Phi) is 4.01. The van der Waals surface area contributed by atoms with Gasteiger partial charge in [0.2, 0.25) is 0 Å². The van der Waals surface area contributed by atoms with Crippen LogP contribution in [-0.4, -0.2) is 65.4 Å². The maximum absolute atomic E-state index is 4.49. The first-order chi connectivity index (χ1) is 12.2. The van der Waals surface area contributed by atoms with Gasteiger partial charge in [0, 0.05) is 51.9 Å². The van der Waals surface area contributed by atoms with Gasteiger partial charge in [-0.25, -0.2) is 9.97 Å². The van der Waals surface area contributed by atoms with Gasteiger partial charge in [-0.05, 0) is 18.2 Å². The molecule has 0 saturated carbocycles. The van der Waals surface area contributed by atoms with E-state index >= 15 is 0 Å². The fourth-order valence-electron chi connectivity index (χ4n) is 3.02. The highest BCUT2D eigenvalue weighted by Gasteiger charge is 2.21. The van der Waals surface area contributed by atoms with Crippen molar-refractivity contribution in [3.8, 4) is 0 Å². The van der Waals surface area contributed by atoms with Crippen LogP contribution < -0.4 is 14.7 Å². The average Bonchev–Trinajstić information content (AvgIpc) is 2.68. The maximum Gasteiger partial charge on any atom is 0.151 e. The van der Waals surface area contributed by atoms with Gasteiger partial charge in [-0.15, -0.1) is 10.2 Å². The summed E-state index contributed by atoms with van der Waals surface area (Å²) in [5, 5.41) is 9.66. The van der Waals surface area contributed by atoms with E-state index in [1.807, 2.05) is 37.2 Å². The van der Waals surface area contributed by atoms with Crippen molar-refractivity contribution in [3.63, 3.8) is 0 Å². The third-order valence-corrected chi connectivity index (χ3v) is 4.42. The summed E-state index contributed by atoms with van der Waals surface area (Å²) in [6.07, 6.45) is 5.17. The highest BCUT2D eigenvalue weighted by atomic mass is 15.3. The Labute approximate surface area is 146 Å². The highest BCUT2D eigenvalue weighted by molar-refractivity contribution is 5.88. The summed E-state index contributed by atoms with van der Waals surface area (Å²) in [6, 6.07) is 6.01. The first kappa shape index (κ1) is 15.5. The molecule has 1 aliphatic rings. The molecule has 0 amide bonds. The number of rotatable bonds is 3. The summed E-state index contributed by atoms with van der Waals surface area (Å²) in [5.74, 6) is 2.76. The lowest BCUT2D eigenvalue weighted by Gasteiger charge is -2.36. The minimum atomic E-state index is 0.864. The molecule has 1 saturated heterocycles. The Morgan fingerprint density at radius 2 is 1.72 bits per heavy atom.